The number of hydrogen-bond acceptors (Lipinski definition) is 5. The van der Waals surface area contributed by atoms with Gasteiger partial charge >= 0.3 is 0 Å². The zero-order valence-electron chi connectivity index (χ0n) is 16.4. The highest BCUT2D eigenvalue weighted by atomic mass is 32.2. The van der Waals surface area contributed by atoms with Crippen LogP contribution in [0.3, 0.4) is 0 Å². The summed E-state index contributed by atoms with van der Waals surface area (Å²) in [6.45, 7) is 6.98. The van der Waals surface area contributed by atoms with Crippen LogP contribution in [0.4, 0.5) is 0 Å². The number of hydrogen-bond donors (Lipinski definition) is 0. The molecule has 1 saturated heterocycles. The van der Waals surface area contributed by atoms with Crippen molar-refractivity contribution < 1.29 is 14.3 Å². The average Bonchev–Trinajstić information content (AvgIpc) is 2.92. The highest BCUT2D eigenvalue weighted by Crippen LogP contribution is 2.33. The molecule has 0 spiro atoms. The summed E-state index contributed by atoms with van der Waals surface area (Å²) in [7, 11) is 1.64. The number of thioether (sulfide) groups is 1. The minimum absolute atomic E-state index is 0.0404. The van der Waals surface area contributed by atoms with E-state index in [9.17, 15) is 4.79 Å². The molecular formula is C22H23NO3S2. The van der Waals surface area contributed by atoms with Gasteiger partial charge < -0.3 is 9.47 Å². The lowest BCUT2D eigenvalue weighted by Gasteiger charge is -2.12. The first-order valence-electron chi connectivity index (χ1n) is 9.04. The molecule has 1 aliphatic rings. The zero-order valence-corrected chi connectivity index (χ0v) is 18.1. The van der Waals surface area contributed by atoms with Crippen molar-refractivity contribution in [2.45, 2.75) is 27.4 Å². The molecule has 4 nitrogen and oxygen atoms in total. The second-order valence-electron chi connectivity index (χ2n) is 6.61. The fourth-order valence-electron chi connectivity index (χ4n) is 3.10. The number of aryl methyl sites for hydroxylation is 2. The van der Waals surface area contributed by atoms with E-state index in [1.807, 2.05) is 57.2 Å². The number of rotatable bonds is 6. The van der Waals surface area contributed by atoms with Crippen LogP contribution in [-0.4, -0.2) is 28.8 Å². The van der Waals surface area contributed by atoms with Gasteiger partial charge in [-0.1, -0.05) is 36.1 Å². The third-order valence-corrected chi connectivity index (χ3v) is 5.76. The van der Waals surface area contributed by atoms with Crippen molar-refractivity contribution >= 4 is 40.3 Å². The van der Waals surface area contributed by atoms with Crippen LogP contribution in [0.5, 0.6) is 11.5 Å². The summed E-state index contributed by atoms with van der Waals surface area (Å²) in [5.74, 6) is 1.54. The van der Waals surface area contributed by atoms with Crippen LogP contribution >= 0.6 is 24.0 Å². The van der Waals surface area contributed by atoms with E-state index in [2.05, 4.69) is 6.07 Å². The Morgan fingerprint density at radius 1 is 1.14 bits per heavy atom. The van der Waals surface area contributed by atoms with Gasteiger partial charge in [0, 0.05) is 12.1 Å². The number of amides is 1. The van der Waals surface area contributed by atoms with E-state index >= 15 is 0 Å². The summed E-state index contributed by atoms with van der Waals surface area (Å²) in [5, 5.41) is 0. The maximum Gasteiger partial charge on any atom is 0.266 e. The minimum Gasteiger partial charge on any atom is -0.496 e. The Kier molecular flexibility index (Phi) is 6.42. The van der Waals surface area contributed by atoms with Gasteiger partial charge in [0.2, 0.25) is 0 Å². The van der Waals surface area contributed by atoms with Crippen LogP contribution in [-0.2, 0) is 11.4 Å². The molecule has 0 saturated carbocycles. The molecule has 0 bridgehead atoms. The van der Waals surface area contributed by atoms with Gasteiger partial charge in [-0.3, -0.25) is 9.69 Å². The first-order valence-corrected chi connectivity index (χ1v) is 10.3. The third kappa shape index (κ3) is 4.56. The van der Waals surface area contributed by atoms with Crippen molar-refractivity contribution in [3.8, 4) is 11.5 Å². The Morgan fingerprint density at radius 3 is 2.46 bits per heavy atom. The highest BCUT2D eigenvalue weighted by molar-refractivity contribution is 8.26. The Balaban J connectivity index is 1.83. The van der Waals surface area contributed by atoms with Gasteiger partial charge in [-0.25, -0.2) is 0 Å². The van der Waals surface area contributed by atoms with Gasteiger partial charge in [0.25, 0.3) is 5.91 Å². The summed E-state index contributed by atoms with van der Waals surface area (Å²) >= 11 is 6.62. The first-order chi connectivity index (χ1) is 13.4. The third-order valence-electron chi connectivity index (χ3n) is 4.38. The molecule has 1 heterocycles. The second kappa shape index (κ2) is 8.80. The maximum absolute atomic E-state index is 12.4. The van der Waals surface area contributed by atoms with E-state index in [-0.39, 0.29) is 5.91 Å². The first kappa shape index (κ1) is 20.4. The fraction of sp³-hybridized carbons (Fsp3) is 0.273. The molecule has 2 aromatic rings. The molecule has 0 N–H and O–H groups in total. The summed E-state index contributed by atoms with van der Waals surface area (Å²) in [6, 6.07) is 11.9. The predicted octanol–water partition coefficient (Wildman–Crippen LogP) is 5.11. The van der Waals surface area contributed by atoms with Crippen molar-refractivity contribution in [1.82, 2.24) is 4.90 Å². The number of benzene rings is 2. The van der Waals surface area contributed by atoms with Gasteiger partial charge in [0.05, 0.1) is 12.0 Å². The lowest BCUT2D eigenvalue weighted by Crippen LogP contribution is -2.27. The van der Waals surface area contributed by atoms with Crippen LogP contribution in [0.15, 0.2) is 41.3 Å². The van der Waals surface area contributed by atoms with E-state index in [0.29, 0.717) is 22.4 Å². The molecular weight excluding hydrogens is 390 g/mol. The van der Waals surface area contributed by atoms with Crippen molar-refractivity contribution in [2.24, 2.45) is 0 Å². The van der Waals surface area contributed by atoms with Gasteiger partial charge in [-0.2, -0.15) is 0 Å². The number of thiocarbonyl (C=S) groups is 1. The predicted molar refractivity (Wildman–Crippen MR) is 119 cm³/mol. The van der Waals surface area contributed by atoms with Crippen molar-refractivity contribution in [3.05, 3.63) is 63.6 Å². The molecule has 1 aliphatic heterocycles. The summed E-state index contributed by atoms with van der Waals surface area (Å²) in [5.41, 5.74) is 4.15. The maximum atomic E-state index is 12.4. The minimum atomic E-state index is -0.0404. The van der Waals surface area contributed by atoms with Crippen LogP contribution in [0.1, 0.15) is 29.2 Å². The Labute approximate surface area is 175 Å². The van der Waals surface area contributed by atoms with Crippen molar-refractivity contribution in [2.75, 3.05) is 13.7 Å². The quantitative estimate of drug-likeness (QED) is 0.486. The molecule has 28 heavy (non-hydrogen) atoms. The number of carbonyl (C=O) groups is 1. The molecule has 2 aromatic carbocycles. The molecule has 0 aromatic heterocycles. The second-order valence-corrected chi connectivity index (χ2v) is 8.29. The highest BCUT2D eigenvalue weighted by Gasteiger charge is 2.30. The number of methoxy groups -OCH3 is 1. The Hall–Kier alpha value is -2.31. The summed E-state index contributed by atoms with van der Waals surface area (Å²) in [6.07, 6.45) is 1.87. The lowest BCUT2D eigenvalue weighted by atomic mass is 10.1. The Morgan fingerprint density at radius 2 is 1.86 bits per heavy atom. The van der Waals surface area contributed by atoms with Gasteiger partial charge in [-0.15, -0.1) is 0 Å². The van der Waals surface area contributed by atoms with Gasteiger partial charge in [0.1, 0.15) is 22.4 Å². The summed E-state index contributed by atoms with van der Waals surface area (Å²) < 4.78 is 12.1. The molecule has 0 aliphatic carbocycles. The van der Waals surface area contributed by atoms with E-state index < -0.39 is 0 Å². The zero-order chi connectivity index (χ0) is 20.3. The number of nitrogens with zero attached hydrogens (tertiary/aromatic N) is 1. The van der Waals surface area contributed by atoms with Crippen LogP contribution in [0.2, 0.25) is 0 Å². The Bertz CT molecular complexity index is 933. The van der Waals surface area contributed by atoms with E-state index in [1.54, 1.807) is 12.0 Å². The fourth-order valence-corrected chi connectivity index (χ4v) is 4.49. The van der Waals surface area contributed by atoms with E-state index in [4.69, 9.17) is 21.7 Å². The molecule has 0 atom stereocenters. The number of ether oxygens (including phenoxy) is 2. The molecule has 1 fully saturated rings. The largest absolute Gasteiger partial charge is 0.496 e. The van der Waals surface area contributed by atoms with Crippen LogP contribution < -0.4 is 9.47 Å². The van der Waals surface area contributed by atoms with Crippen LogP contribution in [0.25, 0.3) is 6.08 Å². The molecule has 3 rings (SSSR count). The molecule has 6 heteroatoms. The monoisotopic (exact) mass is 413 g/mol. The van der Waals surface area contributed by atoms with E-state index in [0.717, 1.165) is 33.8 Å². The SMILES string of the molecule is CCN1C(=O)C(=Cc2ccc(OC)c(COc3cc(C)cc(C)c3)c2)SC1=S. The normalized spacial score (nSPS) is 15.4. The summed E-state index contributed by atoms with van der Waals surface area (Å²) in [4.78, 5) is 14.7. The topological polar surface area (TPSA) is 38.8 Å². The molecule has 1 amide bonds. The van der Waals surface area contributed by atoms with Crippen molar-refractivity contribution in [3.63, 3.8) is 0 Å². The average molecular weight is 414 g/mol. The van der Waals surface area contributed by atoms with Crippen LogP contribution in [0, 0.1) is 13.8 Å². The standard InChI is InChI=1S/C22H23NO3S2/c1-5-23-21(24)20(28-22(23)27)12-16-6-7-19(25-4)17(11-16)13-26-18-9-14(2)8-15(3)10-18/h6-12H,5,13H2,1-4H3. The van der Waals surface area contributed by atoms with Gasteiger partial charge in [-0.05, 0) is 67.8 Å². The number of likely N-dealkylation sites (N-methyl/N-ethyl adjacent to an activating group) is 1. The van der Waals surface area contributed by atoms with Gasteiger partial charge in [0.15, 0.2) is 0 Å². The molecule has 0 radical (unpaired) electrons. The number of carbonyl (C=O) groups excluding carboxylic acids is 1. The van der Waals surface area contributed by atoms with Crippen molar-refractivity contribution in [1.29, 1.82) is 0 Å². The molecule has 146 valence electrons. The lowest BCUT2D eigenvalue weighted by molar-refractivity contribution is -0.121. The van der Waals surface area contributed by atoms with E-state index in [1.165, 1.54) is 11.8 Å². The smallest absolute Gasteiger partial charge is 0.266 e. The molecule has 0 unspecified atom stereocenters.